The number of rotatable bonds is 5. The molecule has 1 aliphatic carbocycles. The lowest BCUT2D eigenvalue weighted by Crippen LogP contribution is -2.47. The number of nitrogens with zero attached hydrogens (tertiary/aromatic N) is 2. The van der Waals surface area contributed by atoms with Crippen LogP contribution in [0.1, 0.15) is 32.1 Å². The molecule has 6 heteroatoms. The molecule has 0 aromatic carbocycles. The molecule has 0 bridgehead atoms. The third kappa shape index (κ3) is 4.97. The summed E-state index contributed by atoms with van der Waals surface area (Å²) in [5, 5.41) is 2.86. The number of hydrogen-bond donors (Lipinski definition) is 2. The Morgan fingerprint density at radius 3 is 2.52 bits per heavy atom. The minimum Gasteiger partial charge on any atom is -0.356 e. The van der Waals surface area contributed by atoms with Gasteiger partial charge in [0.2, 0.25) is 11.8 Å². The van der Waals surface area contributed by atoms with Crippen molar-refractivity contribution in [2.75, 3.05) is 39.8 Å². The number of nitrogens with two attached hydrogens (primary N) is 1. The second-order valence-corrected chi connectivity index (χ2v) is 6.34. The van der Waals surface area contributed by atoms with Crippen LogP contribution in [0.15, 0.2) is 0 Å². The molecule has 0 aromatic heterocycles. The fourth-order valence-electron chi connectivity index (χ4n) is 3.15. The average molecular weight is 296 g/mol. The van der Waals surface area contributed by atoms with Crippen LogP contribution < -0.4 is 11.1 Å². The molecule has 3 N–H and O–H groups in total. The SMILES string of the molecule is CN1CCN(C(=O)CCNC(=O)C[C@@H]2CCC[C@H]2N)CC1. The van der Waals surface area contributed by atoms with Crippen LogP contribution in [0, 0.1) is 5.92 Å². The molecule has 2 rings (SSSR count). The van der Waals surface area contributed by atoms with Gasteiger partial charge in [0.15, 0.2) is 0 Å². The van der Waals surface area contributed by atoms with E-state index in [4.69, 9.17) is 5.73 Å². The third-order valence-electron chi connectivity index (χ3n) is 4.68. The second-order valence-electron chi connectivity index (χ2n) is 6.34. The maximum atomic E-state index is 12.0. The summed E-state index contributed by atoms with van der Waals surface area (Å²) in [6.45, 7) is 3.88. The molecule has 1 aliphatic heterocycles. The largest absolute Gasteiger partial charge is 0.356 e. The van der Waals surface area contributed by atoms with E-state index in [2.05, 4.69) is 17.3 Å². The molecule has 2 fully saturated rings. The minimum absolute atomic E-state index is 0.0310. The fourth-order valence-corrected chi connectivity index (χ4v) is 3.15. The lowest BCUT2D eigenvalue weighted by Gasteiger charge is -2.32. The first-order valence-electron chi connectivity index (χ1n) is 8.05. The highest BCUT2D eigenvalue weighted by atomic mass is 16.2. The molecule has 0 unspecified atom stereocenters. The Hall–Kier alpha value is -1.14. The molecule has 0 spiro atoms. The summed E-state index contributed by atoms with van der Waals surface area (Å²) < 4.78 is 0. The molecule has 2 aliphatic rings. The summed E-state index contributed by atoms with van der Waals surface area (Å²) in [5.74, 6) is 0.489. The highest BCUT2D eigenvalue weighted by Gasteiger charge is 2.26. The summed E-state index contributed by atoms with van der Waals surface area (Å²) in [7, 11) is 2.07. The van der Waals surface area contributed by atoms with Crippen LogP contribution in [0.3, 0.4) is 0 Å². The second kappa shape index (κ2) is 7.75. The summed E-state index contributed by atoms with van der Waals surface area (Å²) in [6, 6.07) is 0.169. The summed E-state index contributed by atoms with van der Waals surface area (Å²) in [6.07, 6.45) is 4.10. The Morgan fingerprint density at radius 1 is 1.19 bits per heavy atom. The van der Waals surface area contributed by atoms with Gasteiger partial charge in [0, 0.05) is 51.6 Å². The maximum Gasteiger partial charge on any atom is 0.224 e. The Balaban J connectivity index is 1.60. The topological polar surface area (TPSA) is 78.7 Å². The molecule has 120 valence electrons. The van der Waals surface area contributed by atoms with Gasteiger partial charge in [-0.3, -0.25) is 9.59 Å². The molecular formula is C15H28N4O2. The average Bonchev–Trinajstić information content (AvgIpc) is 2.85. The molecule has 2 atom stereocenters. The van der Waals surface area contributed by atoms with E-state index in [9.17, 15) is 9.59 Å². The Morgan fingerprint density at radius 2 is 1.90 bits per heavy atom. The normalized spacial score (nSPS) is 26.9. The van der Waals surface area contributed by atoms with Crippen LogP contribution in [-0.4, -0.2) is 67.4 Å². The Labute approximate surface area is 127 Å². The zero-order valence-electron chi connectivity index (χ0n) is 13.0. The monoisotopic (exact) mass is 296 g/mol. The van der Waals surface area contributed by atoms with Crippen LogP contribution >= 0.6 is 0 Å². The van der Waals surface area contributed by atoms with E-state index in [-0.39, 0.29) is 17.9 Å². The quantitative estimate of drug-likeness (QED) is 0.735. The maximum absolute atomic E-state index is 12.0. The highest BCUT2D eigenvalue weighted by molar-refractivity contribution is 5.79. The van der Waals surface area contributed by atoms with Crippen LogP contribution in [0.5, 0.6) is 0 Å². The van der Waals surface area contributed by atoms with E-state index in [1.54, 1.807) is 0 Å². The minimum atomic E-state index is 0.0310. The van der Waals surface area contributed by atoms with E-state index < -0.39 is 0 Å². The molecule has 0 radical (unpaired) electrons. The van der Waals surface area contributed by atoms with Gasteiger partial charge in [0.1, 0.15) is 0 Å². The van der Waals surface area contributed by atoms with Crippen molar-refractivity contribution in [1.29, 1.82) is 0 Å². The number of likely N-dealkylation sites (N-methyl/N-ethyl adjacent to an activating group) is 1. The van der Waals surface area contributed by atoms with Gasteiger partial charge in [-0.05, 0) is 25.8 Å². The first kappa shape index (κ1) is 16.2. The molecule has 1 heterocycles. The summed E-state index contributed by atoms with van der Waals surface area (Å²) >= 11 is 0. The van der Waals surface area contributed by atoms with Crippen LogP contribution in [0.4, 0.5) is 0 Å². The fraction of sp³-hybridized carbons (Fsp3) is 0.867. The van der Waals surface area contributed by atoms with E-state index in [0.29, 0.717) is 25.3 Å². The number of piperazine rings is 1. The van der Waals surface area contributed by atoms with Gasteiger partial charge in [0.05, 0.1) is 0 Å². The number of nitrogens with one attached hydrogen (secondary N) is 1. The van der Waals surface area contributed by atoms with E-state index >= 15 is 0 Å². The van der Waals surface area contributed by atoms with Crippen molar-refractivity contribution < 1.29 is 9.59 Å². The Bertz CT molecular complexity index is 367. The van der Waals surface area contributed by atoms with Crippen LogP contribution in [0.25, 0.3) is 0 Å². The molecule has 21 heavy (non-hydrogen) atoms. The van der Waals surface area contributed by atoms with Crippen molar-refractivity contribution >= 4 is 11.8 Å². The van der Waals surface area contributed by atoms with Crippen molar-refractivity contribution in [2.45, 2.75) is 38.1 Å². The van der Waals surface area contributed by atoms with Crippen molar-refractivity contribution in [2.24, 2.45) is 11.7 Å². The van der Waals surface area contributed by atoms with Gasteiger partial charge >= 0.3 is 0 Å². The first-order chi connectivity index (χ1) is 10.1. The first-order valence-corrected chi connectivity index (χ1v) is 8.05. The standard InChI is InChI=1S/C15H28N4O2/c1-18-7-9-19(10-8-18)15(21)5-6-17-14(20)11-12-3-2-4-13(12)16/h12-13H,2-11,16H2,1H3,(H,17,20)/t12-,13+/m0/s1. The molecule has 6 nitrogen and oxygen atoms in total. The molecule has 2 amide bonds. The van der Waals surface area contributed by atoms with Crippen molar-refractivity contribution in [3.63, 3.8) is 0 Å². The van der Waals surface area contributed by atoms with Gasteiger partial charge < -0.3 is 20.9 Å². The molecule has 1 saturated heterocycles. The number of carbonyl (C=O) groups excluding carboxylic acids is 2. The lowest BCUT2D eigenvalue weighted by atomic mass is 10.00. The van der Waals surface area contributed by atoms with Gasteiger partial charge in [-0.1, -0.05) is 6.42 Å². The van der Waals surface area contributed by atoms with Gasteiger partial charge in [-0.2, -0.15) is 0 Å². The van der Waals surface area contributed by atoms with E-state index in [1.165, 1.54) is 0 Å². The van der Waals surface area contributed by atoms with E-state index in [1.807, 2.05) is 4.90 Å². The molecular weight excluding hydrogens is 268 g/mol. The summed E-state index contributed by atoms with van der Waals surface area (Å²) in [5.41, 5.74) is 5.97. The number of hydrogen-bond acceptors (Lipinski definition) is 4. The Kier molecular flexibility index (Phi) is 5.99. The zero-order chi connectivity index (χ0) is 15.2. The zero-order valence-corrected chi connectivity index (χ0v) is 13.0. The van der Waals surface area contributed by atoms with Crippen molar-refractivity contribution in [1.82, 2.24) is 15.1 Å². The van der Waals surface area contributed by atoms with Gasteiger partial charge in [0.25, 0.3) is 0 Å². The van der Waals surface area contributed by atoms with Crippen molar-refractivity contribution in [3.8, 4) is 0 Å². The smallest absolute Gasteiger partial charge is 0.224 e. The van der Waals surface area contributed by atoms with Crippen LogP contribution in [0.2, 0.25) is 0 Å². The van der Waals surface area contributed by atoms with Crippen LogP contribution in [-0.2, 0) is 9.59 Å². The van der Waals surface area contributed by atoms with E-state index in [0.717, 1.165) is 45.4 Å². The number of carbonyl (C=O) groups is 2. The van der Waals surface area contributed by atoms with Gasteiger partial charge in [-0.25, -0.2) is 0 Å². The predicted molar refractivity (Wildman–Crippen MR) is 81.6 cm³/mol. The lowest BCUT2D eigenvalue weighted by molar-refractivity contribution is -0.132. The van der Waals surface area contributed by atoms with Gasteiger partial charge in [-0.15, -0.1) is 0 Å². The molecule has 1 saturated carbocycles. The summed E-state index contributed by atoms with van der Waals surface area (Å²) in [4.78, 5) is 28.0. The highest BCUT2D eigenvalue weighted by Crippen LogP contribution is 2.26. The van der Waals surface area contributed by atoms with Crippen molar-refractivity contribution in [3.05, 3.63) is 0 Å². The third-order valence-corrected chi connectivity index (χ3v) is 4.68. The molecule has 0 aromatic rings. The predicted octanol–water partition coefficient (Wildman–Crippen LogP) is -0.216. The number of amides is 2.